The number of benzene rings is 1. The molecule has 0 saturated heterocycles. The molecule has 0 fully saturated rings. The van der Waals surface area contributed by atoms with Gasteiger partial charge in [-0.3, -0.25) is 14.3 Å². The van der Waals surface area contributed by atoms with Crippen molar-refractivity contribution in [2.24, 2.45) is 12.1 Å². The maximum Gasteiger partial charge on any atom is 0.330 e. The molecule has 2 heterocycles. The van der Waals surface area contributed by atoms with Gasteiger partial charge in [-0.15, -0.1) is 0 Å². The molecule has 10 nitrogen and oxygen atoms in total. The molecular formula is C17H20N4O6. The Kier molecular flexibility index (Phi) is 4.80. The fourth-order valence-corrected chi connectivity index (χ4v) is 2.96. The maximum atomic E-state index is 12.1. The van der Waals surface area contributed by atoms with Gasteiger partial charge in [0.2, 0.25) is 11.6 Å². The van der Waals surface area contributed by atoms with Gasteiger partial charge in [0.1, 0.15) is 5.56 Å². The summed E-state index contributed by atoms with van der Waals surface area (Å²) in [6, 6.07) is 3.27. The topological polar surface area (TPSA) is 127 Å². The lowest BCUT2D eigenvalue weighted by molar-refractivity contribution is 0.323. The number of ether oxygens (including phenoxy) is 3. The molecule has 1 atom stereocenters. The van der Waals surface area contributed by atoms with E-state index in [1.165, 1.54) is 28.4 Å². The van der Waals surface area contributed by atoms with Gasteiger partial charge in [0.05, 0.1) is 33.1 Å². The van der Waals surface area contributed by atoms with Crippen molar-refractivity contribution >= 4 is 5.71 Å². The second-order valence-electron chi connectivity index (χ2n) is 5.92. The van der Waals surface area contributed by atoms with Crippen LogP contribution in [-0.2, 0) is 7.05 Å². The molecule has 3 rings (SSSR count). The Balaban J connectivity index is 1.96. The first-order chi connectivity index (χ1) is 12.9. The normalized spacial score (nSPS) is 15.9. The van der Waals surface area contributed by atoms with Crippen LogP contribution in [0.5, 0.6) is 23.1 Å². The third kappa shape index (κ3) is 3.09. The maximum absolute atomic E-state index is 12.1. The first kappa shape index (κ1) is 18.4. The van der Waals surface area contributed by atoms with Gasteiger partial charge in [0, 0.05) is 13.5 Å². The van der Waals surface area contributed by atoms with Crippen LogP contribution in [0.25, 0.3) is 0 Å². The minimum Gasteiger partial charge on any atom is -0.494 e. The SMILES string of the molecule is COc1cc(C2CC(c3c(O)n(C)c(=O)[nH]c3=O)=NN2)cc(OC)c1OC. The standard InChI is InChI=1S/C17H20N4O6/c1-21-16(23)13(15(22)18-17(21)24)10-7-9(19-20-10)8-5-11(25-2)14(27-4)12(6-8)26-3/h5-6,9,19,23H,7H2,1-4H3,(H,18,22,24). The molecule has 1 unspecified atom stereocenters. The molecule has 3 N–H and O–H groups in total. The first-order valence-electron chi connectivity index (χ1n) is 8.05. The van der Waals surface area contributed by atoms with Gasteiger partial charge >= 0.3 is 5.69 Å². The molecule has 27 heavy (non-hydrogen) atoms. The van der Waals surface area contributed by atoms with Gasteiger partial charge in [0.25, 0.3) is 5.56 Å². The number of nitrogens with zero attached hydrogens (tertiary/aromatic N) is 2. The lowest BCUT2D eigenvalue weighted by atomic mass is 9.99. The number of aromatic amines is 1. The Bertz CT molecular complexity index is 998. The van der Waals surface area contributed by atoms with Crippen LogP contribution in [0, 0.1) is 0 Å². The number of H-pyrrole nitrogens is 1. The van der Waals surface area contributed by atoms with Crippen molar-refractivity contribution in [3.05, 3.63) is 44.1 Å². The van der Waals surface area contributed by atoms with Crippen molar-refractivity contribution in [1.29, 1.82) is 0 Å². The Morgan fingerprint density at radius 2 is 1.78 bits per heavy atom. The average molecular weight is 376 g/mol. The summed E-state index contributed by atoms with van der Waals surface area (Å²) in [5.41, 5.74) is 2.63. The van der Waals surface area contributed by atoms with Crippen molar-refractivity contribution < 1.29 is 19.3 Å². The van der Waals surface area contributed by atoms with E-state index in [2.05, 4.69) is 15.5 Å². The van der Waals surface area contributed by atoms with Crippen LogP contribution < -0.4 is 30.9 Å². The number of methoxy groups -OCH3 is 3. The second kappa shape index (κ2) is 7.06. The third-order valence-corrected chi connectivity index (χ3v) is 4.42. The zero-order valence-electron chi connectivity index (χ0n) is 15.3. The number of aromatic hydroxyl groups is 1. The van der Waals surface area contributed by atoms with Crippen LogP contribution in [0.4, 0.5) is 0 Å². The molecule has 10 heteroatoms. The molecular weight excluding hydrogens is 356 g/mol. The van der Waals surface area contributed by atoms with E-state index in [1.54, 1.807) is 12.1 Å². The number of nitrogens with one attached hydrogen (secondary N) is 2. The Morgan fingerprint density at radius 3 is 2.33 bits per heavy atom. The zero-order chi connectivity index (χ0) is 19.7. The Hall–Kier alpha value is -3.43. The number of hydrazone groups is 1. The minimum atomic E-state index is -0.700. The molecule has 0 amide bonds. The molecule has 0 spiro atoms. The summed E-state index contributed by atoms with van der Waals surface area (Å²) in [6.45, 7) is 0. The molecule has 1 aromatic heterocycles. The van der Waals surface area contributed by atoms with Gasteiger partial charge in [-0.2, -0.15) is 5.10 Å². The predicted octanol–water partition coefficient (Wildman–Crippen LogP) is 0.244. The summed E-state index contributed by atoms with van der Waals surface area (Å²) in [5, 5.41) is 14.4. The highest BCUT2D eigenvalue weighted by Crippen LogP contribution is 2.41. The van der Waals surface area contributed by atoms with E-state index in [0.29, 0.717) is 29.4 Å². The van der Waals surface area contributed by atoms with Crippen molar-refractivity contribution in [3.63, 3.8) is 0 Å². The molecule has 1 aliphatic heterocycles. The van der Waals surface area contributed by atoms with Crippen molar-refractivity contribution in [1.82, 2.24) is 15.0 Å². The molecule has 0 aliphatic carbocycles. The summed E-state index contributed by atoms with van der Waals surface area (Å²) < 4.78 is 17.0. The summed E-state index contributed by atoms with van der Waals surface area (Å²) in [5.74, 6) is 1.01. The molecule has 0 saturated carbocycles. The van der Waals surface area contributed by atoms with Gasteiger partial charge < -0.3 is 24.7 Å². The monoisotopic (exact) mass is 376 g/mol. The summed E-state index contributed by atoms with van der Waals surface area (Å²) in [7, 11) is 5.92. The highest BCUT2D eigenvalue weighted by molar-refractivity contribution is 6.03. The summed E-state index contributed by atoms with van der Waals surface area (Å²) in [4.78, 5) is 25.9. The fraction of sp³-hybridized carbons (Fsp3) is 0.353. The molecule has 2 aromatic rings. The first-order valence-corrected chi connectivity index (χ1v) is 8.05. The van der Waals surface area contributed by atoms with Crippen LogP contribution in [-0.4, -0.2) is 41.7 Å². The van der Waals surface area contributed by atoms with Gasteiger partial charge in [-0.25, -0.2) is 4.79 Å². The van der Waals surface area contributed by atoms with Gasteiger partial charge in [-0.05, 0) is 17.7 Å². The smallest absolute Gasteiger partial charge is 0.330 e. The number of hydrogen-bond donors (Lipinski definition) is 3. The third-order valence-electron chi connectivity index (χ3n) is 4.42. The summed E-state index contributed by atoms with van der Waals surface area (Å²) in [6.07, 6.45) is 0.313. The molecule has 0 radical (unpaired) electrons. The van der Waals surface area contributed by atoms with E-state index >= 15 is 0 Å². The van der Waals surface area contributed by atoms with Crippen molar-refractivity contribution in [2.75, 3.05) is 21.3 Å². The van der Waals surface area contributed by atoms with E-state index < -0.39 is 17.1 Å². The van der Waals surface area contributed by atoms with Crippen LogP contribution in [0.15, 0.2) is 26.8 Å². The summed E-state index contributed by atoms with van der Waals surface area (Å²) >= 11 is 0. The van der Waals surface area contributed by atoms with E-state index in [9.17, 15) is 14.7 Å². The quantitative estimate of drug-likeness (QED) is 0.682. The second-order valence-corrected chi connectivity index (χ2v) is 5.92. The van der Waals surface area contributed by atoms with Gasteiger partial charge in [-0.1, -0.05) is 0 Å². The number of hydrogen-bond acceptors (Lipinski definition) is 8. The van der Waals surface area contributed by atoms with Crippen LogP contribution >= 0.6 is 0 Å². The molecule has 1 aromatic carbocycles. The van der Waals surface area contributed by atoms with Crippen LogP contribution in [0.2, 0.25) is 0 Å². The fourth-order valence-electron chi connectivity index (χ4n) is 2.96. The highest BCUT2D eigenvalue weighted by Gasteiger charge is 2.28. The highest BCUT2D eigenvalue weighted by atomic mass is 16.5. The lowest BCUT2D eigenvalue weighted by Crippen LogP contribution is -2.32. The van der Waals surface area contributed by atoms with Crippen LogP contribution in [0.1, 0.15) is 23.6 Å². The van der Waals surface area contributed by atoms with E-state index in [0.717, 1.165) is 10.1 Å². The zero-order valence-corrected chi connectivity index (χ0v) is 15.3. The molecule has 144 valence electrons. The number of aromatic nitrogens is 2. The van der Waals surface area contributed by atoms with E-state index in [-0.39, 0.29) is 11.6 Å². The van der Waals surface area contributed by atoms with Crippen LogP contribution in [0.3, 0.4) is 0 Å². The van der Waals surface area contributed by atoms with Gasteiger partial charge in [0.15, 0.2) is 11.5 Å². The Morgan fingerprint density at radius 1 is 1.15 bits per heavy atom. The van der Waals surface area contributed by atoms with Crippen molar-refractivity contribution in [2.45, 2.75) is 12.5 Å². The van der Waals surface area contributed by atoms with E-state index in [4.69, 9.17) is 14.2 Å². The molecule has 0 bridgehead atoms. The molecule has 1 aliphatic rings. The predicted molar refractivity (Wildman–Crippen MR) is 97.1 cm³/mol. The van der Waals surface area contributed by atoms with Crippen molar-refractivity contribution in [3.8, 4) is 23.1 Å². The largest absolute Gasteiger partial charge is 0.494 e. The number of rotatable bonds is 5. The Labute approximate surface area is 154 Å². The lowest BCUT2D eigenvalue weighted by Gasteiger charge is -2.17. The van der Waals surface area contributed by atoms with E-state index in [1.807, 2.05) is 0 Å². The minimum absolute atomic E-state index is 0.0421. The average Bonchev–Trinajstić information content (AvgIpc) is 3.14.